The van der Waals surface area contributed by atoms with Crippen LogP contribution in [-0.4, -0.2) is 36.1 Å². The first-order valence-electron chi connectivity index (χ1n) is 9.09. The van der Waals surface area contributed by atoms with Crippen LogP contribution in [0.3, 0.4) is 0 Å². The summed E-state index contributed by atoms with van der Waals surface area (Å²) in [4.78, 5) is 15.6. The van der Waals surface area contributed by atoms with Crippen LogP contribution in [0.2, 0.25) is 0 Å². The predicted octanol–water partition coefficient (Wildman–Crippen LogP) is 4.51. The Kier molecular flexibility index (Phi) is 7.57. The summed E-state index contributed by atoms with van der Waals surface area (Å²) in [5, 5.41) is 2.10. The SMILES string of the molecule is CCN(CC)[C@@H](C1CCCCC1)[C@H](Cc1cccs1)OC(C)=O. The van der Waals surface area contributed by atoms with Crippen LogP contribution < -0.4 is 0 Å². The highest BCUT2D eigenvalue weighted by atomic mass is 32.1. The number of thiophene rings is 1. The highest BCUT2D eigenvalue weighted by Crippen LogP contribution is 2.33. The number of hydrogen-bond acceptors (Lipinski definition) is 4. The first-order valence-corrected chi connectivity index (χ1v) is 9.97. The van der Waals surface area contributed by atoms with Crippen molar-refractivity contribution in [3.8, 4) is 0 Å². The fraction of sp³-hybridized carbons (Fsp3) is 0.737. The molecule has 1 saturated carbocycles. The summed E-state index contributed by atoms with van der Waals surface area (Å²) in [5.41, 5.74) is 0. The Hall–Kier alpha value is -0.870. The lowest BCUT2D eigenvalue weighted by Crippen LogP contribution is -2.51. The van der Waals surface area contributed by atoms with Crippen LogP contribution in [0.25, 0.3) is 0 Å². The molecule has 23 heavy (non-hydrogen) atoms. The number of esters is 1. The van der Waals surface area contributed by atoms with Crippen molar-refractivity contribution in [2.24, 2.45) is 5.92 Å². The van der Waals surface area contributed by atoms with Crippen molar-refractivity contribution >= 4 is 17.3 Å². The van der Waals surface area contributed by atoms with Gasteiger partial charge in [0.25, 0.3) is 0 Å². The van der Waals surface area contributed by atoms with Crippen LogP contribution in [0.5, 0.6) is 0 Å². The number of carbonyl (C=O) groups is 1. The first kappa shape index (κ1) is 18.5. The fourth-order valence-corrected chi connectivity index (χ4v) is 4.78. The Morgan fingerprint density at radius 3 is 2.52 bits per heavy atom. The van der Waals surface area contributed by atoms with Crippen molar-refractivity contribution in [1.82, 2.24) is 4.90 Å². The van der Waals surface area contributed by atoms with Gasteiger partial charge >= 0.3 is 5.97 Å². The average Bonchev–Trinajstić information content (AvgIpc) is 3.05. The van der Waals surface area contributed by atoms with Gasteiger partial charge in [-0.05, 0) is 43.3 Å². The molecule has 1 fully saturated rings. The van der Waals surface area contributed by atoms with Gasteiger partial charge in [-0.25, -0.2) is 0 Å². The maximum Gasteiger partial charge on any atom is 0.302 e. The molecule has 1 aromatic rings. The van der Waals surface area contributed by atoms with E-state index in [9.17, 15) is 4.79 Å². The van der Waals surface area contributed by atoms with E-state index in [4.69, 9.17) is 4.74 Å². The summed E-state index contributed by atoms with van der Waals surface area (Å²) in [6.45, 7) is 8.01. The summed E-state index contributed by atoms with van der Waals surface area (Å²) in [7, 11) is 0. The third-order valence-corrected chi connectivity index (χ3v) is 5.95. The minimum atomic E-state index is -0.153. The van der Waals surface area contributed by atoms with Gasteiger partial charge in [-0.1, -0.05) is 39.2 Å². The zero-order chi connectivity index (χ0) is 16.7. The number of likely N-dealkylation sites (N-methyl/N-ethyl adjacent to an activating group) is 1. The van der Waals surface area contributed by atoms with E-state index in [1.807, 2.05) is 0 Å². The number of hydrogen-bond donors (Lipinski definition) is 0. The van der Waals surface area contributed by atoms with Crippen LogP contribution in [0.1, 0.15) is 57.8 Å². The second-order valence-electron chi connectivity index (χ2n) is 6.54. The summed E-state index contributed by atoms with van der Waals surface area (Å²) in [6.07, 6.45) is 7.32. The third-order valence-electron chi connectivity index (χ3n) is 5.05. The van der Waals surface area contributed by atoms with Crippen molar-refractivity contribution in [3.63, 3.8) is 0 Å². The molecular weight excluding hydrogens is 306 g/mol. The Morgan fingerprint density at radius 1 is 1.30 bits per heavy atom. The van der Waals surface area contributed by atoms with Gasteiger partial charge in [0.15, 0.2) is 0 Å². The van der Waals surface area contributed by atoms with Crippen LogP contribution in [0.4, 0.5) is 0 Å². The third kappa shape index (κ3) is 5.32. The Labute approximate surface area is 145 Å². The molecule has 4 heteroatoms. The van der Waals surface area contributed by atoms with Gasteiger partial charge < -0.3 is 4.74 Å². The summed E-state index contributed by atoms with van der Waals surface area (Å²) >= 11 is 1.76. The highest BCUT2D eigenvalue weighted by molar-refractivity contribution is 7.09. The lowest BCUT2D eigenvalue weighted by molar-refractivity contribution is -0.151. The number of carbonyl (C=O) groups excluding carboxylic acids is 1. The Bertz CT molecular complexity index is 450. The summed E-state index contributed by atoms with van der Waals surface area (Å²) in [5.74, 6) is 0.493. The van der Waals surface area contributed by atoms with E-state index in [1.54, 1.807) is 18.3 Å². The van der Waals surface area contributed by atoms with Gasteiger partial charge in [0.05, 0.1) is 0 Å². The number of nitrogens with zero attached hydrogens (tertiary/aromatic N) is 1. The van der Waals surface area contributed by atoms with Crippen LogP contribution >= 0.6 is 11.3 Å². The molecule has 2 rings (SSSR count). The monoisotopic (exact) mass is 337 g/mol. The fourth-order valence-electron chi connectivity index (χ4n) is 4.03. The standard InChI is InChI=1S/C19H31NO2S/c1-4-20(5-2)19(16-10-7-6-8-11-16)18(22-15(3)21)14-17-12-9-13-23-17/h9,12-13,16,18-19H,4-8,10-11,14H2,1-3H3/t18-,19-/m0/s1. The van der Waals surface area contributed by atoms with Gasteiger partial charge in [0.2, 0.25) is 0 Å². The smallest absolute Gasteiger partial charge is 0.302 e. The molecule has 1 aromatic heterocycles. The van der Waals surface area contributed by atoms with E-state index >= 15 is 0 Å². The van der Waals surface area contributed by atoms with Gasteiger partial charge in [-0.15, -0.1) is 11.3 Å². The normalized spacial score (nSPS) is 18.8. The minimum absolute atomic E-state index is 0.0332. The van der Waals surface area contributed by atoms with Gasteiger partial charge in [-0.3, -0.25) is 9.69 Å². The maximum atomic E-state index is 11.7. The van der Waals surface area contributed by atoms with Gasteiger partial charge in [0.1, 0.15) is 6.10 Å². The van der Waals surface area contributed by atoms with E-state index < -0.39 is 0 Å². The molecule has 0 unspecified atom stereocenters. The molecule has 0 saturated heterocycles. The van der Waals surface area contributed by atoms with Crippen LogP contribution in [0, 0.1) is 5.92 Å². The molecule has 0 bridgehead atoms. The van der Waals surface area contributed by atoms with Crippen molar-refractivity contribution in [2.75, 3.05) is 13.1 Å². The molecule has 2 atom stereocenters. The van der Waals surface area contributed by atoms with Gasteiger partial charge in [0, 0.05) is 24.3 Å². The van der Waals surface area contributed by atoms with E-state index in [-0.39, 0.29) is 12.1 Å². The number of ether oxygens (including phenoxy) is 1. The zero-order valence-electron chi connectivity index (χ0n) is 14.8. The van der Waals surface area contributed by atoms with Crippen molar-refractivity contribution in [2.45, 2.75) is 71.4 Å². The molecular formula is C19H31NO2S. The molecule has 1 aliphatic carbocycles. The second kappa shape index (κ2) is 9.43. The first-order chi connectivity index (χ1) is 11.2. The lowest BCUT2D eigenvalue weighted by Gasteiger charge is -2.42. The van der Waals surface area contributed by atoms with Crippen molar-refractivity contribution < 1.29 is 9.53 Å². The lowest BCUT2D eigenvalue weighted by atomic mass is 9.80. The quantitative estimate of drug-likeness (QED) is 0.654. The van der Waals surface area contributed by atoms with E-state index in [0.717, 1.165) is 19.5 Å². The van der Waals surface area contributed by atoms with E-state index in [1.165, 1.54) is 37.0 Å². The molecule has 0 N–H and O–H groups in total. The topological polar surface area (TPSA) is 29.5 Å². The molecule has 0 spiro atoms. The summed E-state index contributed by atoms with van der Waals surface area (Å²) in [6, 6.07) is 4.58. The molecule has 0 radical (unpaired) electrons. The van der Waals surface area contributed by atoms with Crippen molar-refractivity contribution in [1.29, 1.82) is 0 Å². The molecule has 3 nitrogen and oxygen atoms in total. The average molecular weight is 338 g/mol. The summed E-state index contributed by atoms with van der Waals surface area (Å²) < 4.78 is 5.85. The highest BCUT2D eigenvalue weighted by Gasteiger charge is 2.36. The van der Waals surface area contributed by atoms with E-state index in [0.29, 0.717) is 12.0 Å². The predicted molar refractivity (Wildman–Crippen MR) is 96.9 cm³/mol. The molecule has 1 heterocycles. The molecule has 0 amide bonds. The Balaban J connectivity index is 2.22. The van der Waals surface area contributed by atoms with Gasteiger partial charge in [-0.2, -0.15) is 0 Å². The number of rotatable bonds is 8. The zero-order valence-corrected chi connectivity index (χ0v) is 15.6. The second-order valence-corrected chi connectivity index (χ2v) is 7.57. The van der Waals surface area contributed by atoms with E-state index in [2.05, 4.69) is 36.3 Å². The molecule has 130 valence electrons. The minimum Gasteiger partial charge on any atom is -0.460 e. The van der Waals surface area contributed by atoms with Crippen LogP contribution in [-0.2, 0) is 16.0 Å². The van der Waals surface area contributed by atoms with Crippen molar-refractivity contribution in [3.05, 3.63) is 22.4 Å². The molecule has 0 aliphatic heterocycles. The molecule has 0 aromatic carbocycles. The molecule has 1 aliphatic rings. The Morgan fingerprint density at radius 2 is 2.00 bits per heavy atom. The largest absolute Gasteiger partial charge is 0.460 e. The maximum absolute atomic E-state index is 11.7. The van der Waals surface area contributed by atoms with Crippen LogP contribution in [0.15, 0.2) is 17.5 Å².